The summed E-state index contributed by atoms with van der Waals surface area (Å²) >= 11 is 5.69. The average Bonchev–Trinajstić information content (AvgIpc) is 2.63. The molecule has 0 N–H and O–H groups in total. The van der Waals surface area contributed by atoms with Crippen molar-refractivity contribution in [2.45, 2.75) is 6.61 Å². The van der Waals surface area contributed by atoms with Crippen molar-refractivity contribution in [3.8, 4) is 5.75 Å². The first-order chi connectivity index (χ1) is 12.7. The number of carbonyl (C=O) groups is 2. The summed E-state index contributed by atoms with van der Waals surface area (Å²) in [4.78, 5) is 23.0. The number of ether oxygens (including phenoxy) is 2. The van der Waals surface area contributed by atoms with E-state index in [4.69, 9.17) is 16.3 Å². The summed E-state index contributed by atoms with van der Waals surface area (Å²) in [6.07, 6.45) is 1.20. The van der Waals surface area contributed by atoms with Crippen LogP contribution >= 0.6 is 11.6 Å². The van der Waals surface area contributed by atoms with Crippen molar-refractivity contribution in [1.82, 2.24) is 0 Å². The van der Waals surface area contributed by atoms with E-state index in [-0.39, 0.29) is 5.75 Å². The summed E-state index contributed by atoms with van der Waals surface area (Å²) in [5.41, 5.74) is -1.32. The predicted octanol–water partition coefficient (Wildman–Crippen LogP) is 4.24. The molecule has 2 rings (SSSR count). The highest BCUT2D eigenvalue weighted by Crippen LogP contribution is 2.23. The Bertz CT molecular complexity index is 901. The highest BCUT2D eigenvalue weighted by molar-refractivity contribution is 6.30. The Morgan fingerprint density at radius 3 is 2.04 bits per heavy atom. The highest BCUT2D eigenvalue weighted by Gasteiger charge is 2.26. The van der Waals surface area contributed by atoms with Gasteiger partial charge in [0.1, 0.15) is 12.4 Å². The van der Waals surface area contributed by atoms with Crippen LogP contribution in [0.4, 0.5) is 22.0 Å². The maximum atomic E-state index is 13.4. The van der Waals surface area contributed by atoms with Crippen LogP contribution in [0.1, 0.15) is 5.56 Å². The molecule has 2 aromatic carbocycles. The molecule has 0 bridgehead atoms. The van der Waals surface area contributed by atoms with Crippen LogP contribution in [-0.4, -0.2) is 11.9 Å². The van der Waals surface area contributed by atoms with Crippen LogP contribution in [0.25, 0.3) is 0 Å². The molecular weight excluding hydrogens is 399 g/mol. The fourth-order valence-electron chi connectivity index (χ4n) is 1.79. The SMILES string of the molecule is O=C(/C=C/C(=O)Oc1cccc(Cl)c1)OCc1c(F)c(F)c(F)c(F)c1F. The Kier molecular flexibility index (Phi) is 6.51. The fraction of sp³-hybridized carbons (Fsp3) is 0.0588. The minimum Gasteiger partial charge on any atom is -0.457 e. The quantitative estimate of drug-likeness (QED) is 0.186. The molecule has 0 saturated heterocycles. The molecule has 0 aliphatic heterocycles. The zero-order valence-corrected chi connectivity index (χ0v) is 13.8. The van der Waals surface area contributed by atoms with Gasteiger partial charge in [0.15, 0.2) is 23.3 Å². The Morgan fingerprint density at radius 2 is 1.44 bits per heavy atom. The summed E-state index contributed by atoms with van der Waals surface area (Å²) < 4.78 is 75.0. The molecule has 0 aliphatic carbocycles. The second kappa shape index (κ2) is 8.63. The maximum absolute atomic E-state index is 13.4. The van der Waals surface area contributed by atoms with E-state index in [0.717, 1.165) is 0 Å². The second-order valence-electron chi connectivity index (χ2n) is 4.87. The third kappa shape index (κ3) is 5.04. The normalized spacial score (nSPS) is 10.9. The molecule has 0 saturated carbocycles. The van der Waals surface area contributed by atoms with Crippen LogP contribution in [0.3, 0.4) is 0 Å². The van der Waals surface area contributed by atoms with E-state index in [0.29, 0.717) is 17.2 Å². The molecule has 2 aromatic rings. The number of carbonyl (C=O) groups excluding carboxylic acids is 2. The van der Waals surface area contributed by atoms with E-state index in [2.05, 4.69) is 4.74 Å². The number of halogens is 6. The molecule has 0 heterocycles. The van der Waals surface area contributed by atoms with Gasteiger partial charge in [0.2, 0.25) is 5.82 Å². The minimum absolute atomic E-state index is 0.0897. The van der Waals surface area contributed by atoms with Gasteiger partial charge < -0.3 is 9.47 Å². The van der Waals surface area contributed by atoms with Gasteiger partial charge in [0.05, 0.1) is 5.56 Å². The first-order valence-electron chi connectivity index (χ1n) is 7.03. The molecule has 4 nitrogen and oxygen atoms in total. The lowest BCUT2D eigenvalue weighted by Crippen LogP contribution is -2.11. The van der Waals surface area contributed by atoms with Crippen molar-refractivity contribution in [3.63, 3.8) is 0 Å². The van der Waals surface area contributed by atoms with Crippen molar-refractivity contribution >= 4 is 23.5 Å². The molecule has 27 heavy (non-hydrogen) atoms. The highest BCUT2D eigenvalue weighted by atomic mass is 35.5. The number of benzene rings is 2. The van der Waals surface area contributed by atoms with Crippen molar-refractivity contribution in [3.05, 3.63) is 76.1 Å². The van der Waals surface area contributed by atoms with Gasteiger partial charge in [-0.2, -0.15) is 0 Å². The Hall–Kier alpha value is -2.94. The smallest absolute Gasteiger partial charge is 0.336 e. The monoisotopic (exact) mass is 406 g/mol. The summed E-state index contributed by atoms with van der Waals surface area (Å²) in [6, 6.07) is 5.78. The Balaban J connectivity index is 1.98. The van der Waals surface area contributed by atoms with Crippen molar-refractivity contribution in [1.29, 1.82) is 0 Å². The molecule has 0 spiro atoms. The molecule has 0 unspecified atom stereocenters. The van der Waals surface area contributed by atoms with Crippen LogP contribution < -0.4 is 4.74 Å². The van der Waals surface area contributed by atoms with E-state index in [9.17, 15) is 31.5 Å². The average molecular weight is 407 g/mol. The molecular formula is C17H8ClF5O4. The zero-order chi connectivity index (χ0) is 20.1. The van der Waals surface area contributed by atoms with Gasteiger partial charge >= 0.3 is 11.9 Å². The lowest BCUT2D eigenvalue weighted by molar-refractivity contribution is -0.139. The lowest BCUT2D eigenvalue weighted by atomic mass is 10.2. The van der Waals surface area contributed by atoms with Crippen molar-refractivity contribution < 1.29 is 41.0 Å². The summed E-state index contributed by atoms with van der Waals surface area (Å²) in [7, 11) is 0. The Labute approximate surface area is 153 Å². The molecule has 0 atom stereocenters. The fourth-order valence-corrected chi connectivity index (χ4v) is 1.97. The topological polar surface area (TPSA) is 52.6 Å². The van der Waals surface area contributed by atoms with Gasteiger partial charge in [-0.25, -0.2) is 31.5 Å². The van der Waals surface area contributed by atoms with E-state index in [1.54, 1.807) is 0 Å². The van der Waals surface area contributed by atoms with E-state index in [1.165, 1.54) is 24.3 Å². The molecule has 0 amide bonds. The van der Waals surface area contributed by atoms with Crippen LogP contribution in [0.2, 0.25) is 5.02 Å². The van der Waals surface area contributed by atoms with Crippen LogP contribution in [0.15, 0.2) is 36.4 Å². The number of hydrogen-bond acceptors (Lipinski definition) is 4. The number of esters is 2. The van der Waals surface area contributed by atoms with E-state index < -0.39 is 53.2 Å². The van der Waals surface area contributed by atoms with Gasteiger partial charge in [-0.05, 0) is 18.2 Å². The van der Waals surface area contributed by atoms with Gasteiger partial charge in [0.25, 0.3) is 0 Å². The zero-order valence-electron chi connectivity index (χ0n) is 13.1. The third-order valence-corrected chi connectivity index (χ3v) is 3.26. The van der Waals surface area contributed by atoms with Gasteiger partial charge in [-0.15, -0.1) is 0 Å². The minimum atomic E-state index is -2.33. The summed E-state index contributed by atoms with van der Waals surface area (Å²) in [5.74, 6) is -13.1. The van der Waals surface area contributed by atoms with Gasteiger partial charge in [0, 0.05) is 17.2 Å². The molecule has 0 radical (unpaired) electrons. The summed E-state index contributed by atoms with van der Waals surface area (Å²) in [6.45, 7) is -1.24. The van der Waals surface area contributed by atoms with Crippen LogP contribution in [0, 0.1) is 29.1 Å². The molecule has 142 valence electrons. The van der Waals surface area contributed by atoms with Gasteiger partial charge in [-0.3, -0.25) is 0 Å². The Morgan fingerprint density at radius 1 is 0.889 bits per heavy atom. The first-order valence-corrected chi connectivity index (χ1v) is 7.41. The summed E-state index contributed by atoms with van der Waals surface area (Å²) in [5, 5.41) is 0.298. The molecule has 10 heteroatoms. The van der Waals surface area contributed by atoms with Gasteiger partial charge in [-0.1, -0.05) is 17.7 Å². The van der Waals surface area contributed by atoms with Crippen molar-refractivity contribution in [2.24, 2.45) is 0 Å². The van der Waals surface area contributed by atoms with Crippen molar-refractivity contribution in [2.75, 3.05) is 0 Å². The van der Waals surface area contributed by atoms with Crippen LogP contribution in [0.5, 0.6) is 5.75 Å². The van der Waals surface area contributed by atoms with E-state index in [1.807, 2.05) is 0 Å². The molecule has 0 aliphatic rings. The first kappa shape index (κ1) is 20.4. The number of rotatable bonds is 5. The molecule has 0 aromatic heterocycles. The third-order valence-electron chi connectivity index (χ3n) is 3.03. The standard InChI is InChI=1S/C17H8ClF5O4/c18-8-2-1-3-9(6-8)27-12(25)5-4-11(24)26-7-10-13(19)15(21)17(23)16(22)14(10)20/h1-6H,7H2/b5-4+. The predicted molar refractivity (Wildman–Crippen MR) is 82.3 cm³/mol. The second-order valence-corrected chi connectivity index (χ2v) is 5.30. The maximum Gasteiger partial charge on any atom is 0.336 e. The number of hydrogen-bond donors (Lipinski definition) is 0. The molecule has 0 fully saturated rings. The van der Waals surface area contributed by atoms with E-state index >= 15 is 0 Å². The lowest BCUT2D eigenvalue weighted by Gasteiger charge is -2.08. The van der Waals surface area contributed by atoms with Crippen LogP contribution in [-0.2, 0) is 20.9 Å². The largest absolute Gasteiger partial charge is 0.457 e.